The standard InChI is InChI=1S/Cr.Fe.Ni.3O. The van der Waals surface area contributed by atoms with Crippen molar-refractivity contribution < 1.29 is 59.1 Å². The minimum atomic E-state index is 1.38. The molecule has 0 spiro atoms. The molecule has 0 aromatic heterocycles. The van der Waals surface area contributed by atoms with Crippen LogP contribution in [0.4, 0.5) is 0 Å². The first-order chi connectivity index (χ1) is 3.00. The molecule has 0 atom stereocenters. The third-order valence-corrected chi connectivity index (χ3v) is 0. The van der Waals surface area contributed by atoms with E-state index < -0.39 is 0 Å². The van der Waals surface area contributed by atoms with Crippen LogP contribution in [0.1, 0.15) is 0 Å². The Kier molecular flexibility index (Phi) is 428. The van der Waals surface area contributed by atoms with Gasteiger partial charge < -0.3 is 0 Å². The number of hydrogen-bond donors (Lipinski definition) is 0. The zero-order valence-corrected chi connectivity index (χ0v) is 5.67. The van der Waals surface area contributed by atoms with Gasteiger partial charge in [-0.3, -0.25) is 0 Å². The Morgan fingerprint density at radius 2 is 1.17 bits per heavy atom. The molecule has 0 aromatic carbocycles. The SMILES string of the molecule is [O]=[Cr].[O]=[Fe].[O]=[Ni]. The Hall–Kier alpha value is 0.945. The van der Waals surface area contributed by atoms with Crippen molar-refractivity contribution in [2.45, 2.75) is 0 Å². The average molecular weight is 215 g/mol. The zero-order chi connectivity index (χ0) is 6.00. The molecule has 0 amide bonds. The van der Waals surface area contributed by atoms with Crippen molar-refractivity contribution in [1.29, 1.82) is 0 Å². The third-order valence-electron chi connectivity index (χ3n) is 0. The molecule has 0 aliphatic carbocycles. The van der Waals surface area contributed by atoms with Crippen LogP contribution in [0.25, 0.3) is 0 Å². The van der Waals surface area contributed by atoms with Crippen molar-refractivity contribution >= 4 is 0 Å². The zero-order valence-electron chi connectivity index (χ0n) is 2.30. The van der Waals surface area contributed by atoms with Gasteiger partial charge in [-0.1, -0.05) is 0 Å². The molecule has 0 unspecified atom stereocenters. The van der Waals surface area contributed by atoms with Gasteiger partial charge in [0, 0.05) is 0 Å². The molecule has 0 N–H and O–H groups in total. The van der Waals surface area contributed by atoms with Gasteiger partial charge in [-0.25, -0.2) is 0 Å². The molecular weight excluding hydrogens is 215 g/mol. The number of rotatable bonds is 0. The summed E-state index contributed by atoms with van der Waals surface area (Å²) in [6.07, 6.45) is 0. The third kappa shape index (κ3) is 86.1. The van der Waals surface area contributed by atoms with Crippen molar-refractivity contribution in [3.8, 4) is 0 Å². The van der Waals surface area contributed by atoms with Gasteiger partial charge in [0.2, 0.25) is 0 Å². The molecule has 0 saturated carbocycles. The molecule has 42 valence electrons. The first-order valence-electron chi connectivity index (χ1n) is 0.440. The van der Waals surface area contributed by atoms with Crippen molar-refractivity contribution in [1.82, 2.24) is 0 Å². The van der Waals surface area contributed by atoms with Gasteiger partial charge in [0.05, 0.1) is 0 Å². The second-order valence-corrected chi connectivity index (χ2v) is 0. The summed E-state index contributed by atoms with van der Waals surface area (Å²) in [4.78, 5) is 0. The van der Waals surface area contributed by atoms with Crippen molar-refractivity contribution in [3.63, 3.8) is 0 Å². The maximum absolute atomic E-state index is 8.12. The summed E-state index contributed by atoms with van der Waals surface area (Å²) in [5.74, 6) is 0. The number of hydrogen-bond acceptors (Lipinski definition) is 3. The van der Waals surface area contributed by atoms with E-state index in [1.165, 1.54) is 16.2 Å². The minimum absolute atomic E-state index is 1.38. The van der Waals surface area contributed by atoms with Crippen LogP contribution in [0.15, 0.2) is 0 Å². The molecule has 0 fully saturated rings. The van der Waals surface area contributed by atoms with E-state index in [0.29, 0.717) is 0 Å². The summed E-state index contributed by atoms with van der Waals surface area (Å²) in [5.41, 5.74) is 0. The van der Waals surface area contributed by atoms with Crippen molar-refractivity contribution in [2.75, 3.05) is 0 Å². The molecule has 0 aliphatic rings. The van der Waals surface area contributed by atoms with E-state index in [-0.39, 0.29) is 0 Å². The van der Waals surface area contributed by atoms with Gasteiger partial charge in [0.15, 0.2) is 0 Å². The van der Waals surface area contributed by atoms with Gasteiger partial charge in [0.1, 0.15) is 0 Å². The second-order valence-electron chi connectivity index (χ2n) is 0. The first kappa shape index (κ1) is 15.8. The molecule has 6 heavy (non-hydrogen) atoms. The molecule has 0 rings (SSSR count). The van der Waals surface area contributed by atoms with Crippen LogP contribution in [0.5, 0.6) is 0 Å². The fourth-order valence-electron chi connectivity index (χ4n) is 0. The predicted molar refractivity (Wildman–Crippen MR) is 2.06 cm³/mol. The van der Waals surface area contributed by atoms with Crippen molar-refractivity contribution in [2.24, 2.45) is 0 Å². The van der Waals surface area contributed by atoms with Crippen LogP contribution in [0.2, 0.25) is 0 Å². The molecule has 6 heteroatoms. The normalized spacial score (nSPS) is 2.50. The van der Waals surface area contributed by atoms with E-state index in [1.807, 2.05) is 15.9 Å². The maximum atomic E-state index is 8.12. The molecule has 0 bridgehead atoms. The summed E-state index contributed by atoms with van der Waals surface area (Å²) in [7, 11) is 0. The Bertz CT molecular complexity index is 15.5. The molecule has 0 radical (unpaired) electrons. The van der Waals surface area contributed by atoms with Gasteiger partial charge in [-0.05, 0) is 0 Å². The van der Waals surface area contributed by atoms with E-state index in [9.17, 15) is 0 Å². The predicted octanol–water partition coefficient (Wildman–Crippen LogP) is -0.364. The molecule has 0 aromatic rings. The Labute approximate surface area is 59.1 Å². The summed E-state index contributed by atoms with van der Waals surface area (Å²) in [5, 5.41) is 0. The Balaban J connectivity index is -0.0000000225. The molecule has 3 nitrogen and oxygen atoms in total. The fourth-order valence-corrected chi connectivity index (χ4v) is 0. The molecular formula is CrFeNiO3. The Morgan fingerprint density at radius 3 is 1.17 bits per heavy atom. The van der Waals surface area contributed by atoms with Crippen LogP contribution >= 0.6 is 0 Å². The molecule has 0 saturated heterocycles. The van der Waals surface area contributed by atoms with Crippen LogP contribution in [-0.4, -0.2) is 0 Å². The van der Waals surface area contributed by atoms with E-state index in [4.69, 9.17) is 11.5 Å². The Morgan fingerprint density at radius 1 is 1.17 bits per heavy atom. The quantitative estimate of drug-likeness (QED) is 0.518. The second kappa shape index (κ2) is 163. The summed E-state index contributed by atoms with van der Waals surface area (Å²) < 4.78 is 24.0. The fraction of sp³-hybridized carbons (Fsp3) is 0. The monoisotopic (exact) mass is 214 g/mol. The average Bonchev–Trinajstić information content (AvgIpc) is 1.81. The van der Waals surface area contributed by atoms with Crippen molar-refractivity contribution in [3.05, 3.63) is 0 Å². The van der Waals surface area contributed by atoms with Crippen LogP contribution in [0, 0.1) is 0 Å². The molecule has 0 aliphatic heterocycles. The summed E-state index contributed by atoms with van der Waals surface area (Å²) >= 11 is 6.00. The van der Waals surface area contributed by atoms with Crippen LogP contribution in [0.3, 0.4) is 0 Å². The topological polar surface area (TPSA) is 51.2 Å². The van der Waals surface area contributed by atoms with Gasteiger partial charge >= 0.3 is 59.1 Å². The van der Waals surface area contributed by atoms with Crippen LogP contribution in [-0.2, 0) is 59.1 Å². The van der Waals surface area contributed by atoms with Gasteiger partial charge in [-0.2, -0.15) is 0 Å². The van der Waals surface area contributed by atoms with E-state index in [0.717, 1.165) is 0 Å². The summed E-state index contributed by atoms with van der Waals surface area (Å²) in [6, 6.07) is 0. The van der Waals surface area contributed by atoms with Gasteiger partial charge in [0.25, 0.3) is 0 Å². The van der Waals surface area contributed by atoms with Crippen LogP contribution < -0.4 is 0 Å². The van der Waals surface area contributed by atoms with E-state index in [2.05, 4.69) is 15.4 Å². The van der Waals surface area contributed by atoms with E-state index >= 15 is 0 Å². The summed E-state index contributed by atoms with van der Waals surface area (Å²) in [6.45, 7) is 0. The molecule has 0 heterocycles. The van der Waals surface area contributed by atoms with E-state index in [1.54, 1.807) is 0 Å². The first-order valence-corrected chi connectivity index (χ1v) is 1.81. The van der Waals surface area contributed by atoms with Gasteiger partial charge in [-0.15, -0.1) is 0 Å².